The topological polar surface area (TPSA) is 54.0 Å². The number of aryl methyl sites for hydroxylation is 2. The highest BCUT2D eigenvalue weighted by Crippen LogP contribution is 2.29. The first-order valence-electron chi connectivity index (χ1n) is 10.2. The number of aromatic nitrogens is 1. The minimum atomic E-state index is -0.428. The van der Waals surface area contributed by atoms with Gasteiger partial charge in [0.1, 0.15) is 11.9 Å². The molecule has 30 heavy (non-hydrogen) atoms. The molecule has 0 bridgehead atoms. The van der Waals surface area contributed by atoms with E-state index in [1.807, 2.05) is 61.7 Å². The van der Waals surface area contributed by atoms with Gasteiger partial charge < -0.3 is 10.6 Å². The van der Waals surface area contributed by atoms with Crippen LogP contribution in [0.3, 0.4) is 0 Å². The normalized spacial score (nSPS) is 12.9. The van der Waals surface area contributed by atoms with Crippen LogP contribution in [0.25, 0.3) is 0 Å². The second-order valence-electron chi connectivity index (χ2n) is 7.49. The van der Waals surface area contributed by atoms with Gasteiger partial charge in [-0.3, -0.25) is 9.78 Å². The molecule has 3 aromatic rings. The van der Waals surface area contributed by atoms with Crippen LogP contribution in [0.15, 0.2) is 66.9 Å². The number of nitrogens with one attached hydrogen (secondary N) is 2. The molecule has 1 amide bonds. The number of halogens is 1. The predicted octanol–water partition coefficient (Wildman–Crippen LogP) is 4.44. The zero-order valence-electron chi connectivity index (χ0n) is 17.7. The highest BCUT2D eigenvalue weighted by Gasteiger charge is 2.21. The van der Waals surface area contributed by atoms with Gasteiger partial charge in [0, 0.05) is 24.9 Å². The fourth-order valence-corrected chi connectivity index (χ4v) is 3.62. The Kier molecular flexibility index (Phi) is 7.31. The van der Waals surface area contributed by atoms with Crippen molar-refractivity contribution in [3.8, 4) is 0 Å². The van der Waals surface area contributed by atoms with E-state index in [1.54, 1.807) is 14.0 Å². The molecule has 1 heterocycles. The summed E-state index contributed by atoms with van der Waals surface area (Å²) in [5, 5.41) is 6.12. The lowest BCUT2D eigenvalue weighted by Crippen LogP contribution is -2.36. The molecule has 156 valence electrons. The zero-order valence-corrected chi connectivity index (χ0v) is 17.7. The Bertz CT molecular complexity index is 973. The van der Waals surface area contributed by atoms with Gasteiger partial charge in [0.05, 0.1) is 0 Å². The fraction of sp³-hybridized carbons (Fsp3) is 0.280. The van der Waals surface area contributed by atoms with Crippen molar-refractivity contribution in [2.75, 3.05) is 13.6 Å². The molecule has 5 heteroatoms. The Morgan fingerprint density at radius 3 is 2.37 bits per heavy atom. The van der Waals surface area contributed by atoms with Crippen LogP contribution in [0, 0.1) is 19.7 Å². The number of benzene rings is 2. The average Bonchev–Trinajstić information content (AvgIpc) is 2.77. The van der Waals surface area contributed by atoms with Crippen LogP contribution in [0.5, 0.6) is 0 Å². The Hall–Kier alpha value is -3.05. The van der Waals surface area contributed by atoms with E-state index in [1.165, 1.54) is 6.07 Å². The molecule has 0 unspecified atom stereocenters. The summed E-state index contributed by atoms with van der Waals surface area (Å²) in [4.78, 5) is 16.9. The van der Waals surface area contributed by atoms with Gasteiger partial charge >= 0.3 is 0 Å². The van der Waals surface area contributed by atoms with E-state index in [2.05, 4.69) is 21.7 Å². The van der Waals surface area contributed by atoms with Crippen LogP contribution >= 0.6 is 0 Å². The van der Waals surface area contributed by atoms with Crippen molar-refractivity contribution >= 4 is 5.91 Å². The summed E-state index contributed by atoms with van der Waals surface area (Å²) in [6.45, 7) is 4.34. The van der Waals surface area contributed by atoms with Crippen LogP contribution < -0.4 is 10.6 Å². The molecule has 4 nitrogen and oxygen atoms in total. The third-order valence-corrected chi connectivity index (χ3v) is 5.34. The van der Waals surface area contributed by atoms with Gasteiger partial charge in [0.2, 0.25) is 5.91 Å². The largest absolute Gasteiger partial charge is 0.358 e. The summed E-state index contributed by atoms with van der Waals surface area (Å²) >= 11 is 0. The van der Waals surface area contributed by atoms with E-state index in [9.17, 15) is 9.18 Å². The van der Waals surface area contributed by atoms with Crippen molar-refractivity contribution in [1.82, 2.24) is 15.6 Å². The highest BCUT2D eigenvalue weighted by molar-refractivity contribution is 5.82. The Morgan fingerprint density at radius 2 is 1.73 bits per heavy atom. The monoisotopic (exact) mass is 405 g/mol. The summed E-state index contributed by atoms with van der Waals surface area (Å²) in [5.74, 6) is -0.236. The standard InChI is InChI=1S/C25H28FN3O/c1-17-15-20(11-12-23(17)26)22(21-10-9-18(2)29-16-21)13-14-28-24(25(30)27-3)19-7-5-4-6-8-19/h4-12,15-16,22,24,28H,13-14H2,1-3H3,(H,27,30)/t22-,24+/m1/s1. The van der Waals surface area contributed by atoms with Crippen LogP contribution in [0.4, 0.5) is 4.39 Å². The fourth-order valence-electron chi connectivity index (χ4n) is 3.62. The quantitative estimate of drug-likeness (QED) is 0.583. The molecule has 2 aromatic carbocycles. The van der Waals surface area contributed by atoms with Crippen molar-refractivity contribution in [2.24, 2.45) is 0 Å². The summed E-state index contributed by atoms with van der Waals surface area (Å²) in [7, 11) is 1.64. The van der Waals surface area contributed by atoms with E-state index >= 15 is 0 Å². The number of carbonyl (C=O) groups excluding carboxylic acids is 1. The molecule has 3 rings (SSSR count). The minimum absolute atomic E-state index is 0.0472. The Labute approximate surface area is 177 Å². The van der Waals surface area contributed by atoms with Crippen molar-refractivity contribution in [2.45, 2.75) is 32.2 Å². The molecule has 0 aliphatic rings. The van der Waals surface area contributed by atoms with Gasteiger partial charge in [0.25, 0.3) is 0 Å². The Balaban J connectivity index is 1.81. The SMILES string of the molecule is CNC(=O)[C@@H](NCC[C@@H](c1ccc(C)nc1)c1ccc(F)c(C)c1)c1ccccc1. The molecular formula is C25H28FN3O. The molecule has 2 atom stereocenters. The minimum Gasteiger partial charge on any atom is -0.358 e. The number of hydrogen-bond donors (Lipinski definition) is 2. The lowest BCUT2D eigenvalue weighted by molar-refractivity contribution is -0.122. The maximum atomic E-state index is 13.8. The van der Waals surface area contributed by atoms with Crippen LogP contribution in [0.2, 0.25) is 0 Å². The first-order valence-corrected chi connectivity index (χ1v) is 10.2. The van der Waals surface area contributed by atoms with E-state index in [4.69, 9.17) is 0 Å². The Morgan fingerprint density at radius 1 is 1.00 bits per heavy atom. The predicted molar refractivity (Wildman–Crippen MR) is 118 cm³/mol. The zero-order chi connectivity index (χ0) is 21.5. The van der Waals surface area contributed by atoms with Crippen molar-refractivity contribution in [3.63, 3.8) is 0 Å². The van der Waals surface area contributed by atoms with E-state index < -0.39 is 6.04 Å². The molecule has 0 saturated heterocycles. The maximum Gasteiger partial charge on any atom is 0.241 e. The smallest absolute Gasteiger partial charge is 0.241 e. The summed E-state index contributed by atoms with van der Waals surface area (Å²) in [6, 6.07) is 18.5. The van der Waals surface area contributed by atoms with Crippen LogP contribution in [-0.4, -0.2) is 24.5 Å². The first-order chi connectivity index (χ1) is 14.5. The van der Waals surface area contributed by atoms with Crippen molar-refractivity contribution < 1.29 is 9.18 Å². The number of amides is 1. The molecule has 0 radical (unpaired) electrons. The summed E-state index contributed by atoms with van der Waals surface area (Å²) in [6.07, 6.45) is 2.63. The van der Waals surface area contributed by atoms with Crippen LogP contribution in [0.1, 0.15) is 46.3 Å². The van der Waals surface area contributed by atoms with E-state index in [0.717, 1.165) is 28.8 Å². The molecule has 0 fully saturated rings. The second-order valence-corrected chi connectivity index (χ2v) is 7.49. The van der Waals surface area contributed by atoms with Gasteiger partial charge in [0.15, 0.2) is 0 Å². The van der Waals surface area contributed by atoms with Crippen molar-refractivity contribution in [3.05, 3.63) is 101 Å². The summed E-state index contributed by atoms with van der Waals surface area (Å²) in [5.41, 5.74) is 4.61. The van der Waals surface area contributed by atoms with Crippen LogP contribution in [-0.2, 0) is 4.79 Å². The molecule has 2 N–H and O–H groups in total. The summed E-state index contributed by atoms with van der Waals surface area (Å²) < 4.78 is 13.8. The third kappa shape index (κ3) is 5.30. The first kappa shape index (κ1) is 21.7. The number of rotatable bonds is 8. The molecular weight excluding hydrogens is 377 g/mol. The number of likely N-dealkylation sites (N-methyl/N-ethyl adjacent to an activating group) is 1. The molecule has 0 aliphatic carbocycles. The van der Waals surface area contributed by atoms with Gasteiger partial charge in [-0.15, -0.1) is 0 Å². The number of hydrogen-bond acceptors (Lipinski definition) is 3. The lowest BCUT2D eigenvalue weighted by Gasteiger charge is -2.22. The molecule has 1 aromatic heterocycles. The number of carbonyl (C=O) groups is 1. The molecule has 0 spiro atoms. The average molecular weight is 406 g/mol. The second kappa shape index (κ2) is 10.1. The molecule has 0 saturated carbocycles. The highest BCUT2D eigenvalue weighted by atomic mass is 19.1. The lowest BCUT2D eigenvalue weighted by atomic mass is 9.88. The van der Waals surface area contributed by atoms with Gasteiger partial charge in [-0.1, -0.05) is 48.5 Å². The maximum absolute atomic E-state index is 13.8. The molecule has 0 aliphatic heterocycles. The van der Waals surface area contributed by atoms with Crippen molar-refractivity contribution in [1.29, 1.82) is 0 Å². The van der Waals surface area contributed by atoms with E-state index in [-0.39, 0.29) is 17.6 Å². The third-order valence-electron chi connectivity index (χ3n) is 5.34. The van der Waals surface area contributed by atoms with Gasteiger partial charge in [-0.05, 0) is 61.2 Å². The number of pyridine rings is 1. The van der Waals surface area contributed by atoms with E-state index in [0.29, 0.717) is 12.1 Å². The number of nitrogens with zero attached hydrogens (tertiary/aromatic N) is 1. The van der Waals surface area contributed by atoms with Gasteiger partial charge in [-0.25, -0.2) is 4.39 Å². The van der Waals surface area contributed by atoms with Gasteiger partial charge in [-0.2, -0.15) is 0 Å².